The molecule has 2 amide bonds. The number of alkyl carbamates (subject to hydrolysis) is 2. The maximum Gasteiger partial charge on any atom is 1.00 e. The van der Waals surface area contributed by atoms with Crippen LogP contribution in [0.1, 0.15) is 90.0 Å². The molecule has 0 aliphatic carbocycles. The second kappa shape index (κ2) is 34.9. The van der Waals surface area contributed by atoms with Crippen molar-refractivity contribution in [1.29, 1.82) is 0 Å². The van der Waals surface area contributed by atoms with Gasteiger partial charge >= 0.3 is 65.6 Å². The first-order chi connectivity index (χ1) is 22.4. The van der Waals surface area contributed by atoms with E-state index in [4.69, 9.17) is 9.47 Å². The molecule has 51 heavy (non-hydrogen) atoms. The average Bonchev–Trinajstić information content (AvgIpc) is 2.95. The number of carbonyl (C=O) groups excluding carboxylic acids is 7. The molecule has 0 saturated heterocycles. The molecule has 1 unspecified atom stereocenters. The van der Waals surface area contributed by atoms with Crippen LogP contribution in [0.15, 0.2) is 11.8 Å². The van der Waals surface area contributed by atoms with E-state index in [0.717, 1.165) is 13.8 Å². The second-order valence-corrected chi connectivity index (χ2v) is 11.5. The van der Waals surface area contributed by atoms with Crippen molar-refractivity contribution in [1.82, 2.24) is 21.3 Å². The summed E-state index contributed by atoms with van der Waals surface area (Å²) in [6.07, 6.45) is 0.750. The fourth-order valence-electron chi connectivity index (χ4n) is 2.35. The number of carbonyl (C=O) groups is 7. The van der Waals surface area contributed by atoms with Gasteiger partial charge in [-0.25, -0.2) is 33.7 Å². The Morgan fingerprint density at radius 1 is 0.667 bits per heavy atom. The van der Waals surface area contributed by atoms with Crippen LogP contribution < -0.4 is 50.8 Å². The minimum absolute atomic E-state index is 0. The largest absolute Gasteiger partial charge is 1.00 e. The quantitative estimate of drug-likeness (QED) is 0.0398. The summed E-state index contributed by atoms with van der Waals surface area (Å²) in [4.78, 5) is 81.2. The Bertz CT molecular complexity index is 1030. The molecule has 20 heteroatoms. The average molecular weight is 746 g/mol. The minimum atomic E-state index is -0.639. The molecule has 0 aliphatic heterocycles. The molecule has 3 radical (unpaired) electrons. The Morgan fingerprint density at radius 3 is 1.35 bits per heavy atom. The van der Waals surface area contributed by atoms with Crippen LogP contribution in [0.25, 0.3) is 0 Å². The van der Waals surface area contributed by atoms with Crippen LogP contribution in [0.2, 0.25) is 0 Å². The third kappa shape index (κ3) is 59.0. The summed E-state index contributed by atoms with van der Waals surface area (Å²) < 4.78 is 22.8. The van der Waals surface area contributed by atoms with Gasteiger partial charge in [0.25, 0.3) is 0 Å². The van der Waals surface area contributed by atoms with Crippen LogP contribution in [0.5, 0.6) is 0 Å². The van der Waals surface area contributed by atoms with E-state index >= 15 is 0 Å². The van der Waals surface area contributed by atoms with Gasteiger partial charge in [-0.2, -0.15) is 0 Å². The first kappa shape index (κ1) is 59.6. The number of allylic oxidation sites excluding steroid dienone is 1. The van der Waals surface area contributed by atoms with Gasteiger partial charge < -0.3 is 52.9 Å². The maximum absolute atomic E-state index is 11.3. The molecule has 0 aliphatic rings. The summed E-state index contributed by atoms with van der Waals surface area (Å²) >= 11 is 0. The van der Waals surface area contributed by atoms with E-state index in [-0.39, 0.29) is 49.0 Å². The van der Waals surface area contributed by atoms with Gasteiger partial charge in [0.15, 0.2) is 0 Å². The van der Waals surface area contributed by atoms with Gasteiger partial charge in [0.2, 0.25) is 5.97 Å². The van der Waals surface area contributed by atoms with Crippen molar-refractivity contribution < 1.29 is 96.5 Å². The summed E-state index contributed by atoms with van der Waals surface area (Å²) in [7, 11) is 7.00. The molecule has 0 aromatic rings. The van der Waals surface area contributed by atoms with Crippen LogP contribution in [-0.2, 0) is 57.3 Å². The van der Waals surface area contributed by atoms with E-state index in [1.807, 2.05) is 27.7 Å². The SMILES string of the molecule is C.CC(=O)OOC(C)=O.COC(=O)/C=C(/C)NCCNC(=O)OC(C)(C)C.COC(=O)CC(C)NCCNC(=O)OC(C)(C)C.[B-]OC(C)=O.[Na+]. The van der Waals surface area contributed by atoms with Crippen LogP contribution in [0.3, 0.4) is 0 Å². The molecular weight excluding hydrogens is 686 g/mol. The topological polar surface area (TPSA) is 232 Å². The van der Waals surface area contributed by atoms with Crippen molar-refractivity contribution in [3.63, 3.8) is 0 Å². The van der Waals surface area contributed by atoms with Gasteiger partial charge in [-0.05, 0) is 55.4 Å². The molecule has 0 fully saturated rings. The Morgan fingerprint density at radius 2 is 1.04 bits per heavy atom. The Labute approximate surface area is 326 Å². The molecule has 0 aromatic heterocycles. The molecule has 0 spiro atoms. The van der Waals surface area contributed by atoms with E-state index in [9.17, 15) is 33.6 Å². The Kier molecular flexibility index (Phi) is 40.8. The number of hydrogen-bond acceptors (Lipinski definition) is 16. The smallest absolute Gasteiger partial charge is 0.793 e. The van der Waals surface area contributed by atoms with E-state index in [1.54, 1.807) is 27.7 Å². The zero-order chi connectivity index (χ0) is 39.2. The number of amides is 2. The predicted molar refractivity (Wildman–Crippen MR) is 184 cm³/mol. The zero-order valence-electron chi connectivity index (χ0n) is 32.0. The standard InChI is InChI=1S/C12H24N2O4.C12H22N2O4.C4H6O4.C2H3BO2.CH4.Na/c2*1-9(8-10(15)17-5)13-6-7-14-11(16)18-12(2,3)4;1-3(5)7-8-4(2)6;1-2(4)5-3;;/h9,13H,6-8H2,1-5H3,(H,14,16);8,13H,6-7H2,1-5H3,(H,14,16);1-2H3;1H3;1H4;/q;;;-1;;+1/b;9-8-;;;;. The molecule has 18 nitrogen and oxygen atoms in total. The summed E-state index contributed by atoms with van der Waals surface area (Å²) in [5.41, 5.74) is -0.318. The Hall–Kier alpha value is -3.55. The van der Waals surface area contributed by atoms with Crippen LogP contribution in [0.4, 0.5) is 9.59 Å². The summed E-state index contributed by atoms with van der Waals surface area (Å²) in [6.45, 7) is 19.9. The van der Waals surface area contributed by atoms with Crippen LogP contribution in [-0.4, -0.2) is 108 Å². The van der Waals surface area contributed by atoms with Gasteiger partial charge in [-0.3, -0.25) is 9.59 Å². The maximum atomic E-state index is 11.3. The fourth-order valence-corrected chi connectivity index (χ4v) is 2.35. The van der Waals surface area contributed by atoms with E-state index < -0.39 is 47.3 Å². The normalized spacial score (nSPS) is 10.5. The van der Waals surface area contributed by atoms with E-state index in [2.05, 4.69) is 53.2 Å². The molecule has 4 N–H and O–H groups in total. The molecule has 0 rings (SSSR count). The number of ether oxygens (including phenoxy) is 4. The van der Waals surface area contributed by atoms with Crippen molar-refractivity contribution in [3.05, 3.63) is 11.8 Å². The number of methoxy groups -OCH3 is 2. The monoisotopic (exact) mass is 745 g/mol. The number of rotatable bonds is 11. The van der Waals surface area contributed by atoms with Gasteiger partial charge in [0, 0.05) is 64.8 Å². The van der Waals surface area contributed by atoms with E-state index in [0.29, 0.717) is 38.3 Å². The minimum Gasteiger partial charge on any atom is -0.793 e. The number of hydrogen-bond donors (Lipinski definition) is 4. The van der Waals surface area contributed by atoms with Crippen LogP contribution in [0, 0.1) is 0 Å². The predicted octanol–water partition coefficient (Wildman–Crippen LogP) is -0.469. The van der Waals surface area contributed by atoms with Gasteiger partial charge in [0.05, 0.1) is 20.6 Å². The van der Waals surface area contributed by atoms with Crippen LogP contribution >= 0.6 is 0 Å². The summed E-state index contributed by atoms with van der Waals surface area (Å²) in [5.74, 6) is -2.42. The first-order valence-electron chi connectivity index (χ1n) is 14.9. The van der Waals surface area contributed by atoms with Gasteiger partial charge in [-0.15, -0.1) is 0 Å². The van der Waals surface area contributed by atoms with Gasteiger partial charge in [0.1, 0.15) is 11.2 Å². The molecule has 0 saturated carbocycles. The number of esters is 2. The van der Waals surface area contributed by atoms with Crippen molar-refractivity contribution in [2.45, 2.75) is 107 Å². The summed E-state index contributed by atoms with van der Waals surface area (Å²) in [5, 5.41) is 11.3. The molecular formula is C31H59BN4NaO14. The van der Waals surface area contributed by atoms with Crippen molar-refractivity contribution in [2.75, 3.05) is 40.4 Å². The third-order valence-electron chi connectivity index (χ3n) is 4.16. The Balaban J connectivity index is -0.000000144. The molecule has 0 aromatic carbocycles. The second-order valence-electron chi connectivity index (χ2n) is 11.5. The van der Waals surface area contributed by atoms with Crippen molar-refractivity contribution >= 4 is 50.1 Å². The third-order valence-corrected chi connectivity index (χ3v) is 4.16. The zero-order valence-corrected chi connectivity index (χ0v) is 34.0. The van der Waals surface area contributed by atoms with Crippen molar-refractivity contribution in [3.8, 4) is 0 Å². The molecule has 0 bridgehead atoms. The molecule has 291 valence electrons. The van der Waals surface area contributed by atoms with Crippen molar-refractivity contribution in [2.24, 2.45) is 0 Å². The van der Waals surface area contributed by atoms with E-state index in [1.165, 1.54) is 27.2 Å². The first-order valence-corrected chi connectivity index (χ1v) is 14.9. The molecule has 0 heterocycles. The van der Waals surface area contributed by atoms with Gasteiger partial charge in [-0.1, -0.05) is 7.43 Å². The molecule has 1 atom stereocenters. The summed E-state index contributed by atoms with van der Waals surface area (Å²) in [6, 6.07) is 0.0119. The number of nitrogens with one attached hydrogen (secondary N) is 4. The fraction of sp³-hybridized carbons (Fsp3) is 0.710.